The number of carbonyl (C=O) groups excluding carboxylic acids is 4. The highest BCUT2D eigenvalue weighted by Crippen LogP contribution is 2.43. The van der Waals surface area contributed by atoms with Gasteiger partial charge in [-0.3, -0.25) is 19.3 Å². The molecular formula is C22H17BrN4O5S. The van der Waals surface area contributed by atoms with Crippen LogP contribution in [-0.2, 0) is 19.1 Å². The fourth-order valence-corrected chi connectivity index (χ4v) is 4.54. The molecule has 0 unspecified atom stereocenters. The van der Waals surface area contributed by atoms with Crippen LogP contribution in [0.15, 0.2) is 56.8 Å². The number of nitrogens with two attached hydrogens (primary N) is 1. The molecule has 0 radical (unpaired) electrons. The lowest BCUT2D eigenvalue weighted by Gasteiger charge is -2.17. The zero-order valence-electron chi connectivity index (χ0n) is 17.3. The molecule has 3 amide bonds. The number of anilines is 2. The monoisotopic (exact) mass is 528 g/mol. The SMILES string of the molecule is CCOC(=O)c1ccc(NC(=O)CN2C(=O)/C(=C3/SC(N)=NC3=O)c3cc(Br)ccc32)cc1. The lowest BCUT2D eigenvalue weighted by atomic mass is 10.1. The van der Waals surface area contributed by atoms with E-state index in [2.05, 4.69) is 26.2 Å². The quantitative estimate of drug-likeness (QED) is 0.450. The van der Waals surface area contributed by atoms with Gasteiger partial charge in [0.25, 0.3) is 11.8 Å². The second-order valence-electron chi connectivity index (χ2n) is 6.96. The molecule has 0 saturated heterocycles. The molecule has 9 nitrogen and oxygen atoms in total. The van der Waals surface area contributed by atoms with Gasteiger partial charge in [-0.2, -0.15) is 4.99 Å². The molecule has 0 aliphatic carbocycles. The van der Waals surface area contributed by atoms with Crippen molar-refractivity contribution in [3.8, 4) is 0 Å². The van der Waals surface area contributed by atoms with Gasteiger partial charge in [-0.1, -0.05) is 15.9 Å². The van der Waals surface area contributed by atoms with E-state index in [0.717, 1.165) is 11.8 Å². The minimum atomic E-state index is -0.584. The summed E-state index contributed by atoms with van der Waals surface area (Å²) in [4.78, 5) is 55.1. The number of thioether (sulfide) groups is 1. The van der Waals surface area contributed by atoms with Crippen LogP contribution in [0.25, 0.3) is 5.57 Å². The van der Waals surface area contributed by atoms with E-state index in [9.17, 15) is 19.2 Å². The van der Waals surface area contributed by atoms with Gasteiger partial charge in [-0.05, 0) is 61.2 Å². The molecule has 33 heavy (non-hydrogen) atoms. The Labute approximate surface area is 201 Å². The van der Waals surface area contributed by atoms with Crippen molar-refractivity contribution in [3.63, 3.8) is 0 Å². The van der Waals surface area contributed by atoms with Crippen molar-refractivity contribution in [2.24, 2.45) is 10.7 Å². The van der Waals surface area contributed by atoms with Crippen LogP contribution < -0.4 is 16.0 Å². The van der Waals surface area contributed by atoms with Gasteiger partial charge in [0.2, 0.25) is 5.91 Å². The van der Waals surface area contributed by atoms with Gasteiger partial charge in [-0.15, -0.1) is 0 Å². The number of amidine groups is 1. The van der Waals surface area contributed by atoms with Crippen molar-refractivity contribution in [2.75, 3.05) is 23.4 Å². The van der Waals surface area contributed by atoms with Gasteiger partial charge in [0.05, 0.1) is 28.3 Å². The van der Waals surface area contributed by atoms with Crippen LogP contribution in [0.4, 0.5) is 11.4 Å². The number of rotatable bonds is 5. The van der Waals surface area contributed by atoms with Crippen LogP contribution in [0.3, 0.4) is 0 Å². The van der Waals surface area contributed by atoms with Crippen molar-refractivity contribution < 1.29 is 23.9 Å². The van der Waals surface area contributed by atoms with Gasteiger partial charge >= 0.3 is 5.97 Å². The number of hydrogen-bond donors (Lipinski definition) is 2. The van der Waals surface area contributed by atoms with Gasteiger partial charge in [0.1, 0.15) is 6.54 Å². The zero-order valence-corrected chi connectivity index (χ0v) is 19.7. The number of nitrogens with zero attached hydrogens (tertiary/aromatic N) is 2. The van der Waals surface area contributed by atoms with Crippen LogP contribution in [0, 0.1) is 0 Å². The van der Waals surface area contributed by atoms with Crippen LogP contribution in [0.2, 0.25) is 0 Å². The van der Waals surface area contributed by atoms with Crippen molar-refractivity contribution in [1.29, 1.82) is 0 Å². The topological polar surface area (TPSA) is 131 Å². The highest BCUT2D eigenvalue weighted by Gasteiger charge is 2.39. The van der Waals surface area contributed by atoms with E-state index in [0.29, 0.717) is 27.0 Å². The average Bonchev–Trinajstić information content (AvgIpc) is 3.23. The summed E-state index contributed by atoms with van der Waals surface area (Å²) >= 11 is 4.31. The smallest absolute Gasteiger partial charge is 0.338 e. The first-order valence-electron chi connectivity index (χ1n) is 9.78. The minimum absolute atomic E-state index is 0.0642. The molecule has 2 aliphatic rings. The highest BCUT2D eigenvalue weighted by molar-refractivity contribution is 9.10. The molecule has 2 heterocycles. The summed E-state index contributed by atoms with van der Waals surface area (Å²) in [6.45, 7) is 1.70. The summed E-state index contributed by atoms with van der Waals surface area (Å²) in [6, 6.07) is 11.4. The fourth-order valence-electron chi connectivity index (χ4n) is 3.41. The van der Waals surface area contributed by atoms with E-state index in [1.54, 1.807) is 37.3 Å². The van der Waals surface area contributed by atoms with Gasteiger partial charge in [-0.25, -0.2) is 4.79 Å². The zero-order chi connectivity index (χ0) is 23.7. The van der Waals surface area contributed by atoms with Gasteiger partial charge in [0, 0.05) is 15.7 Å². The molecular weight excluding hydrogens is 512 g/mol. The number of esters is 1. The number of ether oxygens (including phenoxy) is 1. The lowest BCUT2D eigenvalue weighted by Crippen LogP contribution is -2.35. The van der Waals surface area contributed by atoms with Crippen LogP contribution in [-0.4, -0.2) is 42.0 Å². The van der Waals surface area contributed by atoms with Crippen LogP contribution >= 0.6 is 27.7 Å². The maximum absolute atomic E-state index is 13.2. The van der Waals surface area contributed by atoms with Crippen LogP contribution in [0.1, 0.15) is 22.8 Å². The van der Waals surface area contributed by atoms with E-state index in [4.69, 9.17) is 10.5 Å². The Morgan fingerprint density at radius 1 is 1.18 bits per heavy atom. The number of fused-ring (bicyclic) bond motifs is 1. The molecule has 11 heteroatoms. The molecule has 2 aromatic rings. The van der Waals surface area contributed by atoms with Crippen molar-refractivity contribution >= 4 is 73.5 Å². The van der Waals surface area contributed by atoms with E-state index in [1.165, 1.54) is 17.0 Å². The number of aliphatic imine (C=N–C) groups is 1. The van der Waals surface area contributed by atoms with E-state index in [1.807, 2.05) is 0 Å². The Morgan fingerprint density at radius 2 is 1.91 bits per heavy atom. The maximum atomic E-state index is 13.2. The van der Waals surface area contributed by atoms with E-state index >= 15 is 0 Å². The Morgan fingerprint density at radius 3 is 2.55 bits per heavy atom. The van der Waals surface area contributed by atoms with Gasteiger partial charge < -0.3 is 15.8 Å². The number of carbonyl (C=O) groups is 4. The number of benzene rings is 2. The standard InChI is InChI=1S/C22H17BrN4O5S/c1-2-32-21(31)11-3-6-13(7-4-11)25-16(28)10-27-15-8-5-12(23)9-14(15)17(20(27)30)18-19(29)26-22(24)33-18/h3-9H,2,10H2,1H3,(H,25,28)(H2,24,26,29)/b18-17+. The second-order valence-corrected chi connectivity index (χ2v) is 8.91. The summed E-state index contributed by atoms with van der Waals surface area (Å²) in [5.74, 6) is -1.98. The van der Waals surface area contributed by atoms with Crippen molar-refractivity contribution in [1.82, 2.24) is 0 Å². The molecule has 0 spiro atoms. The number of amides is 3. The Kier molecular flexibility index (Phi) is 6.34. The molecule has 168 valence electrons. The van der Waals surface area contributed by atoms with Crippen molar-refractivity contribution in [3.05, 3.63) is 63.0 Å². The summed E-state index contributed by atoms with van der Waals surface area (Å²) in [5, 5.41) is 2.77. The molecule has 4 rings (SSSR count). The first-order valence-corrected chi connectivity index (χ1v) is 11.4. The molecule has 0 aromatic heterocycles. The third-order valence-electron chi connectivity index (χ3n) is 4.80. The molecule has 0 bridgehead atoms. The lowest BCUT2D eigenvalue weighted by molar-refractivity contribution is -0.118. The first-order chi connectivity index (χ1) is 15.8. The third kappa shape index (κ3) is 4.55. The average molecular weight is 529 g/mol. The summed E-state index contributed by atoms with van der Waals surface area (Å²) in [7, 11) is 0. The predicted molar refractivity (Wildman–Crippen MR) is 129 cm³/mol. The molecule has 3 N–H and O–H groups in total. The molecule has 0 fully saturated rings. The maximum Gasteiger partial charge on any atom is 0.338 e. The summed E-state index contributed by atoms with van der Waals surface area (Å²) < 4.78 is 5.65. The Bertz CT molecular complexity index is 1260. The normalized spacial score (nSPS) is 17.2. The Balaban J connectivity index is 1.56. The fraction of sp³-hybridized carbons (Fsp3) is 0.136. The van der Waals surface area contributed by atoms with E-state index < -0.39 is 23.7 Å². The minimum Gasteiger partial charge on any atom is -0.462 e. The summed E-state index contributed by atoms with van der Waals surface area (Å²) in [5.41, 5.74) is 7.65. The third-order valence-corrected chi connectivity index (χ3v) is 6.18. The van der Waals surface area contributed by atoms with E-state index in [-0.39, 0.29) is 28.8 Å². The highest BCUT2D eigenvalue weighted by atomic mass is 79.9. The largest absolute Gasteiger partial charge is 0.462 e. The predicted octanol–water partition coefficient (Wildman–Crippen LogP) is 2.91. The molecule has 0 atom stereocenters. The number of nitrogens with one attached hydrogen (secondary N) is 1. The second kappa shape index (κ2) is 9.20. The van der Waals surface area contributed by atoms with Crippen molar-refractivity contribution in [2.45, 2.75) is 6.92 Å². The van der Waals surface area contributed by atoms with Crippen LogP contribution in [0.5, 0.6) is 0 Å². The number of hydrogen-bond acceptors (Lipinski definition) is 7. The van der Waals surface area contributed by atoms with Gasteiger partial charge in [0.15, 0.2) is 5.17 Å². The Hall–Kier alpha value is -3.44. The molecule has 0 saturated carbocycles. The molecule has 2 aromatic carbocycles. The first kappa shape index (κ1) is 22.7. The number of halogens is 1. The molecule has 2 aliphatic heterocycles. The summed E-state index contributed by atoms with van der Waals surface area (Å²) in [6.07, 6.45) is 0.